The summed E-state index contributed by atoms with van der Waals surface area (Å²) in [7, 11) is 0. The molecule has 27 heavy (non-hydrogen) atoms. The molecule has 2 aromatic heterocycles. The molecular weight excluding hydrogens is 334 g/mol. The smallest absolute Gasteiger partial charge is 0.120 e. The van der Waals surface area contributed by atoms with Crippen LogP contribution in [0.3, 0.4) is 0 Å². The second-order valence-corrected chi connectivity index (χ2v) is 7.22. The second-order valence-electron chi connectivity index (χ2n) is 7.22. The highest BCUT2D eigenvalue weighted by Crippen LogP contribution is 2.42. The van der Waals surface area contributed by atoms with Gasteiger partial charge in [-0.1, -0.05) is 38.1 Å². The third kappa shape index (κ3) is 2.30. The number of benzene rings is 2. The molecule has 4 nitrogen and oxygen atoms in total. The number of hydrogen-bond acceptors (Lipinski definition) is 3. The molecule has 0 unspecified atom stereocenters. The molecule has 0 saturated carbocycles. The molecular formula is C23H23N3O. The van der Waals surface area contributed by atoms with E-state index in [1.165, 1.54) is 27.5 Å². The van der Waals surface area contributed by atoms with Crippen LogP contribution in [0.25, 0.3) is 33.1 Å². The molecule has 0 saturated heterocycles. The molecule has 0 fully saturated rings. The number of phenolic OH excluding ortho intramolecular Hbond substituents is 1. The number of aromatic hydroxyl groups is 1. The van der Waals surface area contributed by atoms with Gasteiger partial charge in [-0.3, -0.25) is 9.88 Å². The summed E-state index contributed by atoms with van der Waals surface area (Å²) in [5.41, 5.74) is 6.92. The lowest BCUT2D eigenvalue weighted by Gasteiger charge is -2.20. The highest BCUT2D eigenvalue weighted by molar-refractivity contribution is 6.14. The minimum Gasteiger partial charge on any atom is -0.508 e. The molecule has 0 amide bonds. The Morgan fingerprint density at radius 2 is 1.89 bits per heavy atom. The third-order valence-corrected chi connectivity index (χ3v) is 5.90. The Labute approximate surface area is 158 Å². The number of phenols is 1. The van der Waals surface area contributed by atoms with Crippen LogP contribution in [0.15, 0.2) is 48.7 Å². The Morgan fingerprint density at radius 1 is 1.07 bits per heavy atom. The molecule has 2 aromatic carbocycles. The van der Waals surface area contributed by atoms with Gasteiger partial charge in [-0.25, -0.2) is 0 Å². The van der Waals surface area contributed by atoms with Crippen LogP contribution in [0.4, 0.5) is 0 Å². The molecule has 1 N–H and O–H groups in total. The van der Waals surface area contributed by atoms with Crippen molar-refractivity contribution in [1.29, 1.82) is 0 Å². The maximum Gasteiger partial charge on any atom is 0.120 e. The van der Waals surface area contributed by atoms with Gasteiger partial charge in [0.1, 0.15) is 5.75 Å². The maximum absolute atomic E-state index is 10.7. The fourth-order valence-electron chi connectivity index (χ4n) is 4.45. The van der Waals surface area contributed by atoms with Crippen molar-refractivity contribution in [3.05, 3.63) is 59.8 Å². The van der Waals surface area contributed by atoms with Crippen molar-refractivity contribution in [3.63, 3.8) is 0 Å². The Balaban J connectivity index is 1.86. The standard InChI is InChI=1S/C23H23N3O/c1-3-25(4-2)14-18-20(27)10-9-19-21(18)17-11-12-24-22-16-8-6-5-7-15(16)13-26(19)23(17)22/h5-12,27H,3-4,13-14H2,1-2H3. The van der Waals surface area contributed by atoms with Gasteiger partial charge in [-0.05, 0) is 36.9 Å². The number of aromatic nitrogens is 2. The van der Waals surface area contributed by atoms with Crippen molar-refractivity contribution in [2.24, 2.45) is 0 Å². The van der Waals surface area contributed by atoms with Crippen molar-refractivity contribution >= 4 is 21.8 Å². The van der Waals surface area contributed by atoms with Crippen LogP contribution in [-0.4, -0.2) is 32.6 Å². The molecule has 4 aromatic rings. The van der Waals surface area contributed by atoms with Gasteiger partial charge in [0.2, 0.25) is 0 Å². The van der Waals surface area contributed by atoms with E-state index in [0.29, 0.717) is 5.75 Å². The van der Waals surface area contributed by atoms with E-state index in [4.69, 9.17) is 4.98 Å². The van der Waals surface area contributed by atoms with Crippen molar-refractivity contribution in [1.82, 2.24) is 14.5 Å². The molecule has 1 aliphatic rings. The highest BCUT2D eigenvalue weighted by atomic mass is 16.3. The quantitative estimate of drug-likeness (QED) is 0.504. The van der Waals surface area contributed by atoms with Crippen LogP contribution in [0.5, 0.6) is 5.75 Å². The first-order chi connectivity index (χ1) is 13.2. The van der Waals surface area contributed by atoms with Crippen LogP contribution >= 0.6 is 0 Å². The van der Waals surface area contributed by atoms with Gasteiger partial charge in [0.15, 0.2) is 0 Å². The van der Waals surface area contributed by atoms with Gasteiger partial charge in [0.05, 0.1) is 16.7 Å². The van der Waals surface area contributed by atoms with E-state index >= 15 is 0 Å². The molecule has 0 bridgehead atoms. The summed E-state index contributed by atoms with van der Waals surface area (Å²) in [5.74, 6) is 0.378. The van der Waals surface area contributed by atoms with Crippen LogP contribution in [-0.2, 0) is 13.1 Å². The zero-order chi connectivity index (χ0) is 18.5. The lowest BCUT2D eigenvalue weighted by Crippen LogP contribution is -2.22. The van der Waals surface area contributed by atoms with Gasteiger partial charge in [0.25, 0.3) is 0 Å². The number of nitrogens with zero attached hydrogens (tertiary/aromatic N) is 3. The minimum atomic E-state index is 0.378. The summed E-state index contributed by atoms with van der Waals surface area (Å²) in [6, 6.07) is 14.5. The van der Waals surface area contributed by atoms with E-state index in [9.17, 15) is 5.11 Å². The van der Waals surface area contributed by atoms with Crippen LogP contribution < -0.4 is 0 Å². The number of hydrogen-bond donors (Lipinski definition) is 1. The van der Waals surface area contributed by atoms with E-state index in [2.05, 4.69) is 53.6 Å². The third-order valence-electron chi connectivity index (χ3n) is 5.90. The van der Waals surface area contributed by atoms with E-state index in [0.717, 1.165) is 42.8 Å². The first-order valence-electron chi connectivity index (χ1n) is 9.65. The predicted octanol–water partition coefficient (Wildman–Crippen LogP) is 4.77. The van der Waals surface area contributed by atoms with Crippen molar-refractivity contribution in [2.75, 3.05) is 13.1 Å². The Morgan fingerprint density at radius 3 is 2.70 bits per heavy atom. The Hall–Kier alpha value is -2.85. The van der Waals surface area contributed by atoms with E-state index in [-0.39, 0.29) is 0 Å². The SMILES string of the molecule is CCN(CC)Cc1c(O)ccc2c1c1ccnc3c1n2Cc1ccccc1-3. The normalized spacial score (nSPS) is 12.9. The molecule has 0 aliphatic carbocycles. The number of pyridine rings is 1. The number of rotatable bonds is 4. The summed E-state index contributed by atoms with van der Waals surface area (Å²) >= 11 is 0. The van der Waals surface area contributed by atoms with E-state index < -0.39 is 0 Å². The molecule has 0 radical (unpaired) electrons. The van der Waals surface area contributed by atoms with E-state index in [1.807, 2.05) is 18.3 Å². The average Bonchev–Trinajstić information content (AvgIpc) is 3.03. The summed E-state index contributed by atoms with van der Waals surface area (Å²) in [6.45, 7) is 7.84. The fraction of sp³-hybridized carbons (Fsp3) is 0.261. The maximum atomic E-state index is 10.7. The monoisotopic (exact) mass is 357 g/mol. The van der Waals surface area contributed by atoms with Crippen molar-refractivity contribution in [2.45, 2.75) is 26.9 Å². The molecule has 5 rings (SSSR count). The largest absolute Gasteiger partial charge is 0.508 e. The fourth-order valence-corrected chi connectivity index (χ4v) is 4.45. The van der Waals surface area contributed by atoms with Crippen LogP contribution in [0.2, 0.25) is 0 Å². The number of fused-ring (bicyclic) bond motifs is 5. The molecule has 0 atom stereocenters. The van der Waals surface area contributed by atoms with Crippen LogP contribution in [0, 0.1) is 0 Å². The first-order valence-corrected chi connectivity index (χ1v) is 9.65. The lowest BCUT2D eigenvalue weighted by atomic mass is 9.99. The zero-order valence-corrected chi connectivity index (χ0v) is 15.7. The summed E-state index contributed by atoms with van der Waals surface area (Å²) < 4.78 is 2.36. The highest BCUT2D eigenvalue weighted by Gasteiger charge is 2.25. The van der Waals surface area contributed by atoms with Crippen molar-refractivity contribution < 1.29 is 5.11 Å². The Bertz CT molecular complexity index is 1170. The Kier molecular flexibility index (Phi) is 3.69. The molecule has 1 aliphatic heterocycles. The predicted molar refractivity (Wildman–Crippen MR) is 110 cm³/mol. The molecule has 0 spiro atoms. The lowest BCUT2D eigenvalue weighted by molar-refractivity contribution is 0.292. The van der Waals surface area contributed by atoms with E-state index in [1.54, 1.807) is 0 Å². The zero-order valence-electron chi connectivity index (χ0n) is 15.7. The minimum absolute atomic E-state index is 0.378. The summed E-state index contributed by atoms with van der Waals surface area (Å²) in [4.78, 5) is 7.07. The molecule has 4 heteroatoms. The topological polar surface area (TPSA) is 41.3 Å². The van der Waals surface area contributed by atoms with Crippen molar-refractivity contribution in [3.8, 4) is 17.0 Å². The van der Waals surface area contributed by atoms with Crippen LogP contribution in [0.1, 0.15) is 25.0 Å². The summed E-state index contributed by atoms with van der Waals surface area (Å²) in [6.07, 6.45) is 1.90. The van der Waals surface area contributed by atoms with Gasteiger partial charge in [0, 0.05) is 41.2 Å². The second kappa shape index (κ2) is 6.10. The van der Waals surface area contributed by atoms with Gasteiger partial charge in [-0.15, -0.1) is 0 Å². The van der Waals surface area contributed by atoms with Gasteiger partial charge < -0.3 is 9.67 Å². The first kappa shape index (κ1) is 16.3. The van der Waals surface area contributed by atoms with Gasteiger partial charge >= 0.3 is 0 Å². The molecule has 3 heterocycles. The summed E-state index contributed by atoms with van der Waals surface area (Å²) in [5, 5.41) is 13.0. The molecule has 136 valence electrons. The van der Waals surface area contributed by atoms with Gasteiger partial charge in [-0.2, -0.15) is 0 Å². The average molecular weight is 357 g/mol.